The van der Waals surface area contributed by atoms with Gasteiger partial charge in [0, 0.05) is 24.7 Å². The van der Waals surface area contributed by atoms with E-state index in [1.54, 1.807) is 6.07 Å². The van der Waals surface area contributed by atoms with Crippen LogP contribution in [0.15, 0.2) is 18.3 Å². The van der Waals surface area contributed by atoms with Crippen molar-refractivity contribution in [2.45, 2.75) is 45.4 Å². The van der Waals surface area contributed by atoms with Crippen molar-refractivity contribution in [3.8, 4) is 11.3 Å². The number of ether oxygens (including phenoxy) is 1. The van der Waals surface area contributed by atoms with Crippen molar-refractivity contribution in [1.82, 2.24) is 24.4 Å². The monoisotopic (exact) mass is 444 g/mol. The van der Waals surface area contributed by atoms with Crippen LogP contribution in [-0.4, -0.2) is 63.2 Å². The molecule has 3 aromatic rings. The van der Waals surface area contributed by atoms with Crippen molar-refractivity contribution in [2.75, 3.05) is 25.5 Å². The Bertz CT molecular complexity index is 1150. The first kappa shape index (κ1) is 22.1. The van der Waals surface area contributed by atoms with Crippen LogP contribution in [0.4, 0.5) is 14.7 Å². The van der Waals surface area contributed by atoms with E-state index in [0.29, 0.717) is 36.3 Å². The topological polar surface area (TPSA) is 85.2 Å². The van der Waals surface area contributed by atoms with Crippen molar-refractivity contribution in [2.24, 2.45) is 0 Å². The van der Waals surface area contributed by atoms with Gasteiger partial charge in [0.15, 0.2) is 11.6 Å². The van der Waals surface area contributed by atoms with Gasteiger partial charge in [0.2, 0.25) is 5.95 Å². The van der Waals surface area contributed by atoms with Gasteiger partial charge in [0.25, 0.3) is 6.47 Å². The van der Waals surface area contributed by atoms with Crippen LogP contribution in [0, 0.1) is 18.6 Å². The largest absolute Gasteiger partial charge is 0.461 e. The van der Waals surface area contributed by atoms with Crippen molar-refractivity contribution >= 4 is 23.5 Å². The van der Waals surface area contributed by atoms with Gasteiger partial charge in [-0.15, -0.1) is 0 Å². The molecule has 0 unspecified atom stereocenters. The van der Waals surface area contributed by atoms with Crippen LogP contribution in [0.2, 0.25) is 0 Å². The number of anilines is 1. The molecule has 2 aromatic heterocycles. The molecule has 2 atom stereocenters. The molecule has 0 saturated carbocycles. The number of aromatic nitrogens is 4. The second kappa shape index (κ2) is 8.78. The number of hydrogen-bond donors (Lipinski definition) is 1. The first-order valence-electron chi connectivity index (χ1n) is 10.5. The van der Waals surface area contributed by atoms with Gasteiger partial charge in [0.05, 0.1) is 17.8 Å². The van der Waals surface area contributed by atoms with E-state index >= 15 is 0 Å². The standard InChI is InChI=1S/C22H26F2N6O2/c1-12(2)30-13(3)26-21-15(23)7-14(8-18(21)30)20-16(24)9-25-22(28-20)27-17-5-6-29(4)10-19(17)32-11-31/h7-9,11-12,17,19H,5-6,10H2,1-4H3,(H,25,27,28)/t17-,19-/m1/s1. The zero-order valence-electron chi connectivity index (χ0n) is 18.5. The maximum absolute atomic E-state index is 14.9. The number of halogens is 2. The number of nitrogens with zero attached hydrogens (tertiary/aromatic N) is 5. The summed E-state index contributed by atoms with van der Waals surface area (Å²) in [4.78, 5) is 25.6. The van der Waals surface area contributed by atoms with E-state index in [4.69, 9.17) is 4.74 Å². The maximum atomic E-state index is 14.9. The van der Waals surface area contributed by atoms with Gasteiger partial charge in [-0.05, 0) is 46.4 Å². The number of piperidine rings is 1. The number of hydrogen-bond acceptors (Lipinski definition) is 7. The predicted molar refractivity (Wildman–Crippen MR) is 116 cm³/mol. The Morgan fingerprint density at radius 3 is 2.75 bits per heavy atom. The number of imidazole rings is 1. The summed E-state index contributed by atoms with van der Waals surface area (Å²) in [7, 11) is 1.94. The molecule has 0 bridgehead atoms. The van der Waals surface area contributed by atoms with Crippen LogP contribution >= 0.6 is 0 Å². The highest BCUT2D eigenvalue weighted by atomic mass is 19.1. The number of aryl methyl sites for hydroxylation is 1. The Hall–Kier alpha value is -3.14. The van der Waals surface area contributed by atoms with Gasteiger partial charge in [-0.25, -0.2) is 23.7 Å². The number of fused-ring (bicyclic) bond motifs is 1. The van der Waals surface area contributed by atoms with E-state index in [1.165, 1.54) is 6.07 Å². The average Bonchev–Trinajstić information content (AvgIpc) is 3.08. The van der Waals surface area contributed by atoms with Crippen LogP contribution in [0.3, 0.4) is 0 Å². The van der Waals surface area contributed by atoms with E-state index in [2.05, 4.69) is 25.2 Å². The zero-order valence-corrected chi connectivity index (χ0v) is 18.5. The van der Waals surface area contributed by atoms with Gasteiger partial charge < -0.3 is 19.5 Å². The van der Waals surface area contributed by atoms with Crippen LogP contribution in [-0.2, 0) is 9.53 Å². The molecule has 0 amide bonds. The molecule has 4 rings (SSSR count). The molecular formula is C22H26F2N6O2. The third kappa shape index (κ3) is 4.14. The molecule has 1 N–H and O–H groups in total. The fourth-order valence-electron chi connectivity index (χ4n) is 4.31. The molecule has 1 aliphatic heterocycles. The molecule has 8 nitrogen and oxygen atoms in total. The van der Waals surface area contributed by atoms with Gasteiger partial charge in [0.1, 0.15) is 23.1 Å². The molecule has 32 heavy (non-hydrogen) atoms. The SMILES string of the molecule is Cc1nc2c(F)cc(-c3nc(N[C@@H]4CCN(C)C[C@H]4OC=O)ncc3F)cc2n1C(C)C. The summed E-state index contributed by atoms with van der Waals surface area (Å²) in [5, 5.41) is 3.15. The van der Waals surface area contributed by atoms with Crippen molar-refractivity contribution in [1.29, 1.82) is 0 Å². The lowest BCUT2D eigenvalue weighted by molar-refractivity contribution is -0.136. The average molecular weight is 444 g/mol. The van der Waals surface area contributed by atoms with E-state index in [1.807, 2.05) is 32.4 Å². The second-order valence-electron chi connectivity index (χ2n) is 8.41. The van der Waals surface area contributed by atoms with Gasteiger partial charge in [-0.2, -0.15) is 0 Å². The molecule has 170 valence electrons. The van der Waals surface area contributed by atoms with Crippen LogP contribution in [0.1, 0.15) is 32.1 Å². The lowest BCUT2D eigenvalue weighted by atomic mass is 10.0. The molecule has 1 aliphatic rings. The smallest absolute Gasteiger partial charge is 0.293 e. The van der Waals surface area contributed by atoms with Crippen molar-refractivity contribution in [3.63, 3.8) is 0 Å². The normalized spacial score (nSPS) is 19.5. The predicted octanol–water partition coefficient (Wildman–Crippen LogP) is 3.32. The van der Waals surface area contributed by atoms with Gasteiger partial charge >= 0.3 is 0 Å². The molecule has 10 heteroatoms. The number of rotatable bonds is 6. The highest BCUT2D eigenvalue weighted by Crippen LogP contribution is 2.30. The van der Waals surface area contributed by atoms with E-state index in [0.717, 1.165) is 12.7 Å². The van der Waals surface area contributed by atoms with Crippen LogP contribution in [0.25, 0.3) is 22.3 Å². The molecular weight excluding hydrogens is 418 g/mol. The summed E-state index contributed by atoms with van der Waals surface area (Å²) in [6.07, 6.45) is 1.36. The fourth-order valence-corrected chi connectivity index (χ4v) is 4.31. The zero-order chi connectivity index (χ0) is 23.0. The quantitative estimate of drug-likeness (QED) is 0.584. The summed E-state index contributed by atoms with van der Waals surface area (Å²) in [6.45, 7) is 7.55. The van der Waals surface area contributed by atoms with E-state index in [-0.39, 0.29) is 35.3 Å². The van der Waals surface area contributed by atoms with Gasteiger partial charge in [-0.1, -0.05) is 0 Å². The maximum Gasteiger partial charge on any atom is 0.293 e. The summed E-state index contributed by atoms with van der Waals surface area (Å²) >= 11 is 0. The minimum absolute atomic E-state index is 0.0155. The summed E-state index contributed by atoms with van der Waals surface area (Å²) in [5.74, 6) is -0.336. The number of benzene rings is 1. The summed E-state index contributed by atoms with van der Waals surface area (Å²) in [5.41, 5.74) is 1.10. The second-order valence-corrected chi connectivity index (χ2v) is 8.41. The Morgan fingerprint density at radius 1 is 1.25 bits per heavy atom. The van der Waals surface area contributed by atoms with Crippen LogP contribution in [0.5, 0.6) is 0 Å². The Labute approximate surface area is 184 Å². The van der Waals surface area contributed by atoms with E-state index in [9.17, 15) is 13.6 Å². The molecule has 1 aromatic carbocycles. The third-order valence-corrected chi connectivity index (χ3v) is 5.77. The molecule has 3 heterocycles. The minimum atomic E-state index is -0.661. The molecule has 1 saturated heterocycles. The molecule has 0 aliphatic carbocycles. The molecule has 0 spiro atoms. The number of carbonyl (C=O) groups is 1. The lowest BCUT2D eigenvalue weighted by Crippen LogP contribution is -2.49. The Morgan fingerprint density at radius 2 is 2.03 bits per heavy atom. The van der Waals surface area contributed by atoms with Gasteiger partial charge in [-0.3, -0.25) is 4.79 Å². The highest BCUT2D eigenvalue weighted by Gasteiger charge is 2.30. The lowest BCUT2D eigenvalue weighted by Gasteiger charge is -2.35. The third-order valence-electron chi connectivity index (χ3n) is 5.77. The Balaban J connectivity index is 1.71. The number of carbonyl (C=O) groups excluding carboxylic acids is 1. The first-order chi connectivity index (χ1) is 15.3. The van der Waals surface area contributed by atoms with Crippen LogP contribution < -0.4 is 5.32 Å². The first-order valence-corrected chi connectivity index (χ1v) is 10.5. The Kier molecular flexibility index (Phi) is 6.05. The summed E-state index contributed by atoms with van der Waals surface area (Å²) < 4.78 is 36.7. The van der Waals surface area contributed by atoms with E-state index < -0.39 is 11.6 Å². The van der Waals surface area contributed by atoms with Crippen molar-refractivity contribution in [3.05, 3.63) is 35.8 Å². The minimum Gasteiger partial charge on any atom is -0.461 e. The highest BCUT2D eigenvalue weighted by molar-refractivity contribution is 5.83. The molecule has 1 fully saturated rings. The summed E-state index contributed by atoms with van der Waals surface area (Å²) in [6, 6.07) is 2.77. The van der Waals surface area contributed by atoms with Crippen molar-refractivity contribution < 1.29 is 18.3 Å². The molecule has 0 radical (unpaired) electrons. The fraction of sp³-hybridized carbons (Fsp3) is 0.455. The number of likely N-dealkylation sites (N-methyl/N-ethyl adjacent to an activating group) is 1. The number of nitrogens with one attached hydrogen (secondary N) is 1. The number of likely N-dealkylation sites (tertiary alicyclic amines) is 1.